The molecule has 36 heavy (non-hydrogen) atoms. The standard InChI is InChI=1S/C22H17F7N4O3/c1-10-6-12(36-22(27,28)29)4-5-15(10)32-17-9-30-18(21(24,25)26)7-13(17)19(34)33-16-8-14(23)20(35-3)31-11(16)2/h4-9,32H,1-3H3,(H,33,34). The molecular weight excluding hydrogens is 501 g/mol. The second-order valence-electron chi connectivity index (χ2n) is 7.33. The fourth-order valence-corrected chi connectivity index (χ4v) is 3.03. The molecule has 0 radical (unpaired) electrons. The number of nitrogens with one attached hydrogen (secondary N) is 2. The molecule has 1 aromatic carbocycles. The van der Waals surface area contributed by atoms with Crippen molar-refractivity contribution in [3.05, 3.63) is 64.9 Å². The molecule has 0 aliphatic heterocycles. The zero-order valence-electron chi connectivity index (χ0n) is 18.7. The summed E-state index contributed by atoms with van der Waals surface area (Å²) >= 11 is 0. The lowest BCUT2D eigenvalue weighted by Gasteiger charge is -2.17. The van der Waals surface area contributed by atoms with Crippen LogP contribution in [0.3, 0.4) is 0 Å². The largest absolute Gasteiger partial charge is 0.573 e. The van der Waals surface area contributed by atoms with Gasteiger partial charge in [0.1, 0.15) is 11.4 Å². The Bertz CT molecular complexity index is 1290. The van der Waals surface area contributed by atoms with Crippen LogP contribution in [0.15, 0.2) is 36.5 Å². The van der Waals surface area contributed by atoms with Crippen molar-refractivity contribution in [2.75, 3.05) is 17.7 Å². The van der Waals surface area contributed by atoms with Crippen molar-refractivity contribution in [3.8, 4) is 11.6 Å². The monoisotopic (exact) mass is 518 g/mol. The SMILES string of the molecule is COc1nc(C)c(NC(=O)c2cc(C(F)(F)F)ncc2Nc2ccc(OC(F)(F)F)cc2C)cc1F. The molecule has 0 aliphatic rings. The number of rotatable bonds is 6. The van der Waals surface area contributed by atoms with E-state index in [9.17, 15) is 35.5 Å². The summed E-state index contributed by atoms with van der Waals surface area (Å²) in [6.45, 7) is 2.83. The van der Waals surface area contributed by atoms with E-state index >= 15 is 0 Å². The number of pyridine rings is 2. The van der Waals surface area contributed by atoms with Crippen LogP contribution in [0.4, 0.5) is 47.8 Å². The Hall–Kier alpha value is -4.10. The Morgan fingerprint density at radius 1 is 0.972 bits per heavy atom. The van der Waals surface area contributed by atoms with Gasteiger partial charge in [-0.25, -0.2) is 14.4 Å². The molecule has 2 heterocycles. The minimum absolute atomic E-state index is 0.123. The Balaban J connectivity index is 1.98. The highest BCUT2D eigenvalue weighted by atomic mass is 19.4. The average Bonchev–Trinajstić information content (AvgIpc) is 2.76. The van der Waals surface area contributed by atoms with Gasteiger partial charge in [0, 0.05) is 11.8 Å². The van der Waals surface area contributed by atoms with Gasteiger partial charge >= 0.3 is 12.5 Å². The maximum Gasteiger partial charge on any atom is 0.573 e. The third-order valence-electron chi connectivity index (χ3n) is 4.72. The normalized spacial score (nSPS) is 11.7. The van der Waals surface area contributed by atoms with E-state index in [1.54, 1.807) is 0 Å². The van der Waals surface area contributed by atoms with Crippen LogP contribution in [0.1, 0.15) is 27.3 Å². The van der Waals surface area contributed by atoms with Crippen molar-refractivity contribution in [1.29, 1.82) is 0 Å². The highest BCUT2D eigenvalue weighted by Gasteiger charge is 2.34. The van der Waals surface area contributed by atoms with Gasteiger partial charge in [-0.15, -0.1) is 13.2 Å². The Morgan fingerprint density at radius 3 is 2.25 bits per heavy atom. The van der Waals surface area contributed by atoms with Gasteiger partial charge in [0.05, 0.1) is 35.9 Å². The maximum atomic E-state index is 14.1. The van der Waals surface area contributed by atoms with Crippen LogP contribution < -0.4 is 20.1 Å². The number of aryl methyl sites for hydroxylation is 2. The number of halogens is 7. The zero-order chi connectivity index (χ0) is 26.8. The van der Waals surface area contributed by atoms with E-state index in [0.29, 0.717) is 6.07 Å². The lowest BCUT2D eigenvalue weighted by Crippen LogP contribution is -2.18. The number of ether oxygens (including phenoxy) is 2. The van der Waals surface area contributed by atoms with Gasteiger partial charge in [-0.1, -0.05) is 0 Å². The van der Waals surface area contributed by atoms with Crippen LogP contribution >= 0.6 is 0 Å². The number of hydrogen-bond donors (Lipinski definition) is 2. The van der Waals surface area contributed by atoms with Crippen molar-refractivity contribution in [3.63, 3.8) is 0 Å². The fourth-order valence-electron chi connectivity index (χ4n) is 3.03. The van der Waals surface area contributed by atoms with Gasteiger partial charge in [-0.2, -0.15) is 13.2 Å². The van der Waals surface area contributed by atoms with E-state index in [4.69, 9.17) is 4.74 Å². The Morgan fingerprint density at radius 2 is 1.67 bits per heavy atom. The minimum atomic E-state index is -4.92. The lowest BCUT2D eigenvalue weighted by molar-refractivity contribution is -0.274. The van der Waals surface area contributed by atoms with Crippen molar-refractivity contribution in [2.24, 2.45) is 0 Å². The molecule has 3 aromatic rings. The number of benzene rings is 1. The number of carbonyl (C=O) groups excluding carboxylic acids is 1. The molecule has 0 spiro atoms. The summed E-state index contributed by atoms with van der Waals surface area (Å²) in [7, 11) is 1.18. The molecule has 0 atom stereocenters. The van der Waals surface area contributed by atoms with Crippen LogP contribution in [0.25, 0.3) is 0 Å². The predicted molar refractivity (Wildman–Crippen MR) is 114 cm³/mol. The predicted octanol–water partition coefficient (Wildman–Crippen LogP) is 6.15. The van der Waals surface area contributed by atoms with Crippen molar-refractivity contribution in [2.45, 2.75) is 26.4 Å². The molecule has 0 saturated carbocycles. The van der Waals surface area contributed by atoms with E-state index in [2.05, 4.69) is 25.3 Å². The molecule has 0 fully saturated rings. The molecular formula is C22H17F7N4O3. The molecule has 7 nitrogen and oxygen atoms in total. The molecule has 3 rings (SSSR count). The molecule has 2 N–H and O–H groups in total. The highest BCUT2D eigenvalue weighted by Crippen LogP contribution is 2.33. The van der Waals surface area contributed by atoms with E-state index < -0.39 is 41.3 Å². The molecule has 2 aromatic heterocycles. The fraction of sp³-hybridized carbons (Fsp3) is 0.227. The van der Waals surface area contributed by atoms with Gasteiger partial charge in [0.15, 0.2) is 5.82 Å². The lowest BCUT2D eigenvalue weighted by atomic mass is 10.1. The van der Waals surface area contributed by atoms with Gasteiger partial charge in [-0.3, -0.25) is 4.79 Å². The number of anilines is 3. The summed E-state index contributed by atoms with van der Waals surface area (Å²) in [5, 5.41) is 4.98. The number of aromatic nitrogens is 2. The van der Waals surface area contributed by atoms with Crippen molar-refractivity contribution in [1.82, 2.24) is 9.97 Å². The number of hydrogen-bond acceptors (Lipinski definition) is 6. The van der Waals surface area contributed by atoms with Gasteiger partial charge in [0.25, 0.3) is 5.91 Å². The van der Waals surface area contributed by atoms with E-state index in [0.717, 1.165) is 24.4 Å². The molecule has 0 saturated heterocycles. The summed E-state index contributed by atoms with van der Waals surface area (Å²) in [6.07, 6.45) is -9.06. The summed E-state index contributed by atoms with van der Waals surface area (Å²) in [6, 6.07) is 4.58. The van der Waals surface area contributed by atoms with Crippen LogP contribution in [0.2, 0.25) is 0 Å². The first-order valence-corrected chi connectivity index (χ1v) is 9.91. The topological polar surface area (TPSA) is 85.4 Å². The average molecular weight is 518 g/mol. The quantitative estimate of drug-likeness (QED) is 0.381. The third-order valence-corrected chi connectivity index (χ3v) is 4.72. The second-order valence-corrected chi connectivity index (χ2v) is 7.33. The van der Waals surface area contributed by atoms with Crippen molar-refractivity contribution >= 4 is 23.0 Å². The first-order valence-electron chi connectivity index (χ1n) is 9.91. The van der Waals surface area contributed by atoms with Crippen molar-refractivity contribution < 1.29 is 45.0 Å². The molecule has 0 unspecified atom stereocenters. The number of methoxy groups -OCH3 is 1. The summed E-state index contributed by atoms with van der Waals surface area (Å²) < 4.78 is 99.8. The number of alkyl halides is 6. The smallest absolute Gasteiger partial charge is 0.479 e. The summed E-state index contributed by atoms with van der Waals surface area (Å²) in [4.78, 5) is 20.1. The summed E-state index contributed by atoms with van der Waals surface area (Å²) in [5.74, 6) is -2.84. The first kappa shape index (κ1) is 26.5. The first-order chi connectivity index (χ1) is 16.7. The highest BCUT2D eigenvalue weighted by molar-refractivity contribution is 6.08. The number of amides is 1. The molecule has 1 amide bonds. The Labute approximate surface area is 199 Å². The van der Waals surface area contributed by atoms with E-state index in [1.165, 1.54) is 27.0 Å². The minimum Gasteiger partial charge on any atom is -0.479 e. The van der Waals surface area contributed by atoms with Crippen LogP contribution in [0, 0.1) is 19.7 Å². The van der Waals surface area contributed by atoms with E-state index in [-0.39, 0.29) is 34.2 Å². The van der Waals surface area contributed by atoms with Gasteiger partial charge < -0.3 is 20.1 Å². The van der Waals surface area contributed by atoms with E-state index in [1.807, 2.05) is 0 Å². The number of nitrogens with zero attached hydrogens (tertiary/aromatic N) is 2. The Kier molecular flexibility index (Phi) is 7.27. The molecule has 0 bridgehead atoms. The van der Waals surface area contributed by atoms with Crippen LogP contribution in [-0.4, -0.2) is 29.3 Å². The zero-order valence-corrected chi connectivity index (χ0v) is 18.7. The van der Waals surface area contributed by atoms with Gasteiger partial charge in [0.2, 0.25) is 5.88 Å². The molecule has 0 aliphatic carbocycles. The van der Waals surface area contributed by atoms with Crippen LogP contribution in [0.5, 0.6) is 11.6 Å². The second kappa shape index (κ2) is 9.87. The maximum absolute atomic E-state index is 14.1. The van der Waals surface area contributed by atoms with Gasteiger partial charge in [-0.05, 0) is 43.7 Å². The molecule has 192 valence electrons. The molecule has 14 heteroatoms. The summed E-state index contributed by atoms with van der Waals surface area (Å²) in [5.41, 5.74) is -1.72. The third kappa shape index (κ3) is 6.31. The van der Waals surface area contributed by atoms with Crippen LogP contribution in [-0.2, 0) is 6.18 Å². The number of carbonyl (C=O) groups is 1.